The summed E-state index contributed by atoms with van der Waals surface area (Å²) in [5, 5.41) is 0. The smallest absolute Gasteiger partial charge is 0.0426 e. The van der Waals surface area contributed by atoms with Gasteiger partial charge in [-0.15, -0.1) is 12.6 Å². The predicted molar refractivity (Wildman–Crippen MR) is 77.0 cm³/mol. The van der Waals surface area contributed by atoms with Crippen molar-refractivity contribution in [3.05, 3.63) is 59.7 Å². The van der Waals surface area contributed by atoms with Gasteiger partial charge in [-0.3, -0.25) is 0 Å². The summed E-state index contributed by atoms with van der Waals surface area (Å²) in [6.45, 7) is 2.99. The van der Waals surface area contributed by atoms with Gasteiger partial charge in [-0.05, 0) is 30.2 Å². The zero-order chi connectivity index (χ0) is 12.3. The van der Waals surface area contributed by atoms with Gasteiger partial charge in [0.15, 0.2) is 0 Å². The summed E-state index contributed by atoms with van der Waals surface area (Å²) in [5.74, 6) is 0. The van der Waals surface area contributed by atoms with Gasteiger partial charge in [0.2, 0.25) is 0 Å². The van der Waals surface area contributed by atoms with Crippen LogP contribution in [0.4, 0.5) is 5.69 Å². The van der Waals surface area contributed by atoms with Crippen LogP contribution in [0.2, 0.25) is 0 Å². The van der Waals surface area contributed by atoms with Crippen LogP contribution in [0.25, 0.3) is 0 Å². The molecule has 1 nitrogen and oxygen atoms in total. The van der Waals surface area contributed by atoms with Gasteiger partial charge in [0.25, 0.3) is 0 Å². The summed E-state index contributed by atoms with van der Waals surface area (Å²) in [6.07, 6.45) is 0. The number of rotatable bonds is 3. The van der Waals surface area contributed by atoms with Gasteiger partial charge in [-0.2, -0.15) is 0 Å². The van der Waals surface area contributed by atoms with E-state index in [4.69, 9.17) is 0 Å². The van der Waals surface area contributed by atoms with Crippen LogP contribution < -0.4 is 4.90 Å². The fourth-order valence-electron chi connectivity index (χ4n) is 1.78. The third-order valence-corrected chi connectivity index (χ3v) is 3.38. The first-order chi connectivity index (χ1) is 8.16. The highest BCUT2D eigenvalue weighted by atomic mass is 32.1. The highest BCUT2D eigenvalue weighted by molar-refractivity contribution is 7.80. The molecule has 0 N–H and O–H groups in total. The van der Waals surface area contributed by atoms with Gasteiger partial charge in [0.05, 0.1) is 0 Å². The number of nitrogens with zero attached hydrogens (tertiary/aromatic N) is 1. The van der Waals surface area contributed by atoms with Gasteiger partial charge in [-0.1, -0.05) is 36.4 Å². The number of thiol groups is 1. The van der Waals surface area contributed by atoms with Gasteiger partial charge < -0.3 is 4.90 Å². The van der Waals surface area contributed by atoms with E-state index in [-0.39, 0.29) is 0 Å². The molecule has 0 atom stereocenters. The van der Waals surface area contributed by atoms with E-state index in [1.165, 1.54) is 16.8 Å². The fraction of sp³-hybridized carbons (Fsp3) is 0.200. The lowest BCUT2D eigenvalue weighted by Crippen LogP contribution is -2.16. The number of hydrogen-bond acceptors (Lipinski definition) is 2. The van der Waals surface area contributed by atoms with Crippen molar-refractivity contribution in [2.75, 3.05) is 11.9 Å². The van der Waals surface area contributed by atoms with Crippen molar-refractivity contribution in [3.63, 3.8) is 0 Å². The topological polar surface area (TPSA) is 3.24 Å². The molecule has 0 aromatic heterocycles. The van der Waals surface area contributed by atoms with Crippen molar-refractivity contribution in [3.8, 4) is 0 Å². The van der Waals surface area contributed by atoms with Gasteiger partial charge in [-0.25, -0.2) is 0 Å². The minimum atomic E-state index is 0.914. The summed E-state index contributed by atoms with van der Waals surface area (Å²) < 4.78 is 0. The zero-order valence-electron chi connectivity index (χ0n) is 10.2. The maximum atomic E-state index is 4.46. The first-order valence-corrected chi connectivity index (χ1v) is 6.16. The highest BCUT2D eigenvalue weighted by Crippen LogP contribution is 2.22. The first kappa shape index (κ1) is 12.1. The Morgan fingerprint density at radius 2 is 1.76 bits per heavy atom. The maximum Gasteiger partial charge on any atom is 0.0426 e. The van der Waals surface area contributed by atoms with Crippen LogP contribution >= 0.6 is 12.6 Å². The Morgan fingerprint density at radius 1 is 1.06 bits per heavy atom. The monoisotopic (exact) mass is 243 g/mol. The molecule has 0 aliphatic heterocycles. The van der Waals surface area contributed by atoms with Crippen LogP contribution in [-0.2, 0) is 6.54 Å². The SMILES string of the molecule is Cc1ccc(N(C)Cc2ccccc2)cc1S. The van der Waals surface area contributed by atoms with E-state index in [2.05, 4.69) is 74.0 Å². The fourth-order valence-corrected chi connectivity index (χ4v) is 1.99. The lowest BCUT2D eigenvalue weighted by atomic mass is 10.2. The van der Waals surface area contributed by atoms with E-state index in [1.807, 2.05) is 6.07 Å². The third-order valence-electron chi connectivity index (χ3n) is 2.90. The normalized spacial score (nSPS) is 10.3. The molecule has 0 saturated heterocycles. The number of benzene rings is 2. The Labute approximate surface area is 108 Å². The molecular weight excluding hydrogens is 226 g/mol. The quantitative estimate of drug-likeness (QED) is 0.800. The molecule has 0 unspecified atom stereocenters. The van der Waals surface area contributed by atoms with Gasteiger partial charge in [0.1, 0.15) is 0 Å². The molecule has 88 valence electrons. The molecular formula is C15H17NS. The number of hydrogen-bond donors (Lipinski definition) is 1. The van der Waals surface area contributed by atoms with Crippen molar-refractivity contribution in [1.82, 2.24) is 0 Å². The largest absolute Gasteiger partial charge is 0.370 e. The summed E-state index contributed by atoms with van der Waals surface area (Å²) in [6, 6.07) is 16.8. The average molecular weight is 243 g/mol. The van der Waals surface area contributed by atoms with Gasteiger partial charge >= 0.3 is 0 Å². The molecule has 2 aromatic rings. The lowest BCUT2D eigenvalue weighted by Gasteiger charge is -2.20. The van der Waals surface area contributed by atoms with Gasteiger partial charge in [0, 0.05) is 24.2 Å². The molecule has 0 fully saturated rings. The summed E-state index contributed by atoms with van der Waals surface area (Å²) in [4.78, 5) is 3.27. The third kappa shape index (κ3) is 3.04. The molecule has 0 saturated carbocycles. The van der Waals surface area contributed by atoms with Crippen molar-refractivity contribution in [2.24, 2.45) is 0 Å². The molecule has 2 rings (SSSR count). The van der Waals surface area contributed by atoms with E-state index in [9.17, 15) is 0 Å². The number of aryl methyl sites for hydroxylation is 1. The Kier molecular flexibility index (Phi) is 3.75. The van der Waals surface area contributed by atoms with Crippen LogP contribution in [0.5, 0.6) is 0 Å². The summed E-state index contributed by atoms with van der Waals surface area (Å²) >= 11 is 4.46. The molecule has 2 heteroatoms. The Bertz CT molecular complexity index is 494. The molecule has 2 aromatic carbocycles. The van der Waals surface area contributed by atoms with Crippen molar-refractivity contribution < 1.29 is 0 Å². The lowest BCUT2D eigenvalue weighted by molar-refractivity contribution is 0.919. The van der Waals surface area contributed by atoms with Crippen molar-refractivity contribution >= 4 is 18.3 Å². The molecule has 0 aliphatic rings. The molecule has 0 spiro atoms. The predicted octanol–water partition coefficient (Wildman–Crippen LogP) is 3.92. The van der Waals surface area contributed by atoms with Crippen LogP contribution in [0.3, 0.4) is 0 Å². The minimum absolute atomic E-state index is 0.914. The van der Waals surface area contributed by atoms with Crippen LogP contribution in [0, 0.1) is 6.92 Å². The second kappa shape index (κ2) is 5.28. The zero-order valence-corrected chi connectivity index (χ0v) is 11.1. The molecule has 0 radical (unpaired) electrons. The molecule has 0 heterocycles. The number of anilines is 1. The van der Waals surface area contributed by atoms with Crippen molar-refractivity contribution in [1.29, 1.82) is 0 Å². The standard InChI is InChI=1S/C15H17NS/c1-12-8-9-14(10-15(12)17)16(2)11-13-6-4-3-5-7-13/h3-10,17H,11H2,1-2H3. The Morgan fingerprint density at radius 3 is 2.41 bits per heavy atom. The van der Waals surface area contributed by atoms with Crippen LogP contribution in [0.1, 0.15) is 11.1 Å². The van der Waals surface area contributed by atoms with Crippen LogP contribution in [0.15, 0.2) is 53.4 Å². The average Bonchev–Trinajstić information content (AvgIpc) is 2.34. The Hall–Kier alpha value is -1.41. The second-order valence-corrected chi connectivity index (χ2v) is 4.79. The van der Waals surface area contributed by atoms with E-state index in [0.29, 0.717) is 0 Å². The minimum Gasteiger partial charge on any atom is -0.370 e. The molecule has 0 aliphatic carbocycles. The second-order valence-electron chi connectivity index (χ2n) is 4.31. The molecule has 0 bridgehead atoms. The van der Waals surface area contributed by atoms with E-state index >= 15 is 0 Å². The Balaban J connectivity index is 2.14. The maximum absolute atomic E-state index is 4.46. The van der Waals surface area contributed by atoms with E-state index < -0.39 is 0 Å². The van der Waals surface area contributed by atoms with Crippen molar-refractivity contribution in [2.45, 2.75) is 18.4 Å². The first-order valence-electron chi connectivity index (χ1n) is 5.71. The van der Waals surface area contributed by atoms with Crippen LogP contribution in [-0.4, -0.2) is 7.05 Å². The summed E-state index contributed by atoms with van der Waals surface area (Å²) in [7, 11) is 2.10. The van der Waals surface area contributed by atoms with E-state index in [1.54, 1.807) is 0 Å². The molecule has 17 heavy (non-hydrogen) atoms. The highest BCUT2D eigenvalue weighted by Gasteiger charge is 2.03. The molecule has 0 amide bonds. The summed E-state index contributed by atoms with van der Waals surface area (Å²) in [5.41, 5.74) is 3.73. The van der Waals surface area contributed by atoms with E-state index in [0.717, 1.165) is 11.4 Å².